The zero-order valence-corrected chi connectivity index (χ0v) is 9.94. The lowest BCUT2D eigenvalue weighted by atomic mass is 10.3. The third kappa shape index (κ3) is 2.69. The van der Waals surface area contributed by atoms with Crippen molar-refractivity contribution in [2.45, 2.75) is 6.54 Å². The minimum Gasteiger partial charge on any atom is -0.291 e. The molecule has 0 unspecified atom stereocenters. The number of halogens is 1. The van der Waals surface area contributed by atoms with Gasteiger partial charge >= 0.3 is 5.69 Å². The van der Waals surface area contributed by atoms with E-state index in [4.69, 9.17) is 11.6 Å². The predicted octanol–water partition coefficient (Wildman–Crippen LogP) is 2.39. The maximum atomic E-state index is 11.7. The van der Waals surface area contributed by atoms with Crippen LogP contribution in [-0.4, -0.2) is 20.5 Å². The Kier molecular flexibility index (Phi) is 3.21. The van der Waals surface area contributed by atoms with Crippen LogP contribution in [-0.2, 0) is 6.54 Å². The fraction of sp³-hybridized carbons (Fsp3) is 0.111. The Morgan fingerprint density at radius 3 is 2.88 bits per heavy atom. The van der Waals surface area contributed by atoms with E-state index in [2.05, 4.69) is 5.10 Å². The number of carbonyl (C=O) groups is 1. The number of carbonyl (C=O) groups excluding carboxylic acids is 1. The van der Waals surface area contributed by atoms with Crippen LogP contribution in [0.2, 0.25) is 4.34 Å². The Morgan fingerprint density at radius 2 is 2.35 bits per heavy atom. The number of hydrogen-bond donors (Lipinski definition) is 0. The Morgan fingerprint density at radius 1 is 1.59 bits per heavy atom. The first-order chi connectivity index (χ1) is 8.06. The minimum atomic E-state index is -0.560. The van der Waals surface area contributed by atoms with E-state index < -0.39 is 4.92 Å². The lowest BCUT2D eigenvalue weighted by Gasteiger charge is -1.96. The molecular formula is C9H6ClN3O3S. The maximum absolute atomic E-state index is 11.7. The summed E-state index contributed by atoms with van der Waals surface area (Å²) in [5, 5.41) is 14.2. The van der Waals surface area contributed by atoms with E-state index in [0.717, 1.165) is 6.20 Å². The summed E-state index contributed by atoms with van der Waals surface area (Å²) in [7, 11) is 0. The van der Waals surface area contributed by atoms with E-state index in [9.17, 15) is 14.9 Å². The molecule has 0 atom stereocenters. The lowest BCUT2D eigenvalue weighted by Crippen LogP contribution is -2.09. The standard InChI is InChI=1S/C9H6ClN3O3S/c10-9-2-1-8(17-9)7(14)5-12-4-6(3-11-12)13(15)16/h1-4H,5H2. The second-order valence-corrected chi connectivity index (χ2v) is 4.90. The first-order valence-corrected chi connectivity index (χ1v) is 5.71. The first-order valence-electron chi connectivity index (χ1n) is 4.51. The molecule has 0 N–H and O–H groups in total. The van der Waals surface area contributed by atoms with Gasteiger partial charge in [-0.15, -0.1) is 11.3 Å². The van der Waals surface area contributed by atoms with Crippen molar-refractivity contribution in [3.8, 4) is 0 Å². The molecule has 8 heteroatoms. The maximum Gasteiger partial charge on any atom is 0.307 e. The number of rotatable bonds is 4. The third-order valence-electron chi connectivity index (χ3n) is 1.98. The average molecular weight is 272 g/mol. The molecule has 2 aromatic rings. The van der Waals surface area contributed by atoms with Gasteiger partial charge in [-0.3, -0.25) is 19.6 Å². The van der Waals surface area contributed by atoms with Gasteiger partial charge in [0.05, 0.1) is 14.1 Å². The summed E-state index contributed by atoms with van der Waals surface area (Å²) in [6.45, 7) is -0.0370. The zero-order valence-electron chi connectivity index (χ0n) is 8.37. The normalized spacial score (nSPS) is 10.4. The van der Waals surface area contributed by atoms with Gasteiger partial charge in [-0.05, 0) is 12.1 Å². The smallest absolute Gasteiger partial charge is 0.291 e. The molecule has 0 aliphatic rings. The highest BCUT2D eigenvalue weighted by molar-refractivity contribution is 7.18. The molecular weight excluding hydrogens is 266 g/mol. The van der Waals surface area contributed by atoms with E-state index in [1.807, 2.05) is 0 Å². The second-order valence-electron chi connectivity index (χ2n) is 3.18. The van der Waals surface area contributed by atoms with Gasteiger partial charge in [0.1, 0.15) is 18.9 Å². The van der Waals surface area contributed by atoms with Crippen LogP contribution in [0, 0.1) is 10.1 Å². The topological polar surface area (TPSA) is 78.0 Å². The summed E-state index contributed by atoms with van der Waals surface area (Å²) in [4.78, 5) is 22.1. The van der Waals surface area contributed by atoms with Crippen molar-refractivity contribution < 1.29 is 9.72 Å². The molecule has 88 valence electrons. The van der Waals surface area contributed by atoms with Gasteiger partial charge < -0.3 is 0 Å². The Bertz CT molecular complexity index is 578. The van der Waals surface area contributed by atoms with Crippen molar-refractivity contribution in [3.05, 3.63) is 43.9 Å². The van der Waals surface area contributed by atoms with Crippen LogP contribution in [0.25, 0.3) is 0 Å². The second kappa shape index (κ2) is 4.64. The van der Waals surface area contributed by atoms with E-state index in [0.29, 0.717) is 9.21 Å². The Balaban J connectivity index is 2.10. The molecule has 2 heterocycles. The van der Waals surface area contributed by atoms with Gasteiger partial charge in [-0.2, -0.15) is 5.10 Å². The molecule has 2 rings (SSSR count). The van der Waals surface area contributed by atoms with Gasteiger partial charge in [-0.25, -0.2) is 0 Å². The van der Waals surface area contributed by atoms with Crippen LogP contribution in [0.4, 0.5) is 5.69 Å². The van der Waals surface area contributed by atoms with E-state index in [-0.39, 0.29) is 18.0 Å². The van der Waals surface area contributed by atoms with Crippen LogP contribution >= 0.6 is 22.9 Å². The van der Waals surface area contributed by atoms with Crippen LogP contribution in [0.1, 0.15) is 9.67 Å². The molecule has 0 bridgehead atoms. The zero-order chi connectivity index (χ0) is 12.4. The van der Waals surface area contributed by atoms with E-state index >= 15 is 0 Å². The number of hydrogen-bond acceptors (Lipinski definition) is 5. The van der Waals surface area contributed by atoms with E-state index in [1.165, 1.54) is 22.2 Å². The molecule has 2 aromatic heterocycles. The summed E-state index contributed by atoms with van der Waals surface area (Å²) in [6.07, 6.45) is 2.32. The monoisotopic (exact) mass is 271 g/mol. The number of thiophene rings is 1. The van der Waals surface area contributed by atoms with Crippen LogP contribution in [0.15, 0.2) is 24.5 Å². The molecule has 6 nitrogen and oxygen atoms in total. The SMILES string of the molecule is O=C(Cn1cc([N+](=O)[O-])cn1)c1ccc(Cl)s1. The lowest BCUT2D eigenvalue weighted by molar-refractivity contribution is -0.385. The van der Waals surface area contributed by atoms with Gasteiger partial charge in [0.25, 0.3) is 0 Å². The molecule has 17 heavy (non-hydrogen) atoms. The molecule has 0 saturated carbocycles. The van der Waals surface area contributed by atoms with Gasteiger partial charge in [0.15, 0.2) is 5.78 Å². The van der Waals surface area contributed by atoms with Gasteiger partial charge in [-0.1, -0.05) is 11.6 Å². The number of nitrogens with zero attached hydrogens (tertiary/aromatic N) is 3. The molecule has 0 radical (unpaired) electrons. The Hall–Kier alpha value is -1.73. The third-order valence-corrected chi connectivity index (χ3v) is 3.26. The number of Topliss-reactive ketones (excluding diaryl/α,β-unsaturated/α-hetero) is 1. The first kappa shape index (κ1) is 11.7. The van der Waals surface area contributed by atoms with Crippen LogP contribution < -0.4 is 0 Å². The quantitative estimate of drug-likeness (QED) is 0.486. The molecule has 0 spiro atoms. The highest BCUT2D eigenvalue weighted by Gasteiger charge is 2.13. The van der Waals surface area contributed by atoms with E-state index in [1.54, 1.807) is 12.1 Å². The summed E-state index contributed by atoms with van der Waals surface area (Å²) < 4.78 is 1.76. The largest absolute Gasteiger partial charge is 0.307 e. The fourth-order valence-corrected chi connectivity index (χ4v) is 2.20. The molecule has 0 aliphatic carbocycles. The van der Waals surface area contributed by atoms with Crippen molar-refractivity contribution >= 4 is 34.4 Å². The molecule has 0 amide bonds. The number of ketones is 1. The highest BCUT2D eigenvalue weighted by Crippen LogP contribution is 2.22. The molecule has 0 saturated heterocycles. The van der Waals surface area contributed by atoms with Crippen molar-refractivity contribution in [2.75, 3.05) is 0 Å². The highest BCUT2D eigenvalue weighted by atomic mass is 35.5. The van der Waals surface area contributed by atoms with Crippen LogP contribution in [0.3, 0.4) is 0 Å². The van der Waals surface area contributed by atoms with Gasteiger partial charge in [0, 0.05) is 0 Å². The number of nitro groups is 1. The van der Waals surface area contributed by atoms with Crippen molar-refractivity contribution in [2.24, 2.45) is 0 Å². The number of aromatic nitrogens is 2. The van der Waals surface area contributed by atoms with Gasteiger partial charge in [0.2, 0.25) is 0 Å². The van der Waals surface area contributed by atoms with Crippen molar-refractivity contribution in [3.63, 3.8) is 0 Å². The van der Waals surface area contributed by atoms with Crippen molar-refractivity contribution in [1.29, 1.82) is 0 Å². The van der Waals surface area contributed by atoms with Crippen LogP contribution in [0.5, 0.6) is 0 Å². The Labute approximate surface area is 105 Å². The molecule has 0 fully saturated rings. The minimum absolute atomic E-state index is 0.0370. The average Bonchev–Trinajstić information content (AvgIpc) is 2.86. The summed E-state index contributed by atoms with van der Waals surface area (Å²) in [5.41, 5.74) is -0.137. The fourth-order valence-electron chi connectivity index (χ4n) is 1.22. The summed E-state index contributed by atoms with van der Waals surface area (Å²) >= 11 is 6.88. The summed E-state index contributed by atoms with van der Waals surface area (Å²) in [5.74, 6) is -0.181. The molecule has 0 aromatic carbocycles. The van der Waals surface area contributed by atoms with Crippen molar-refractivity contribution in [1.82, 2.24) is 9.78 Å². The predicted molar refractivity (Wildman–Crippen MR) is 62.5 cm³/mol. The summed E-state index contributed by atoms with van der Waals surface area (Å²) in [6, 6.07) is 3.25. The molecule has 0 aliphatic heterocycles.